The van der Waals surface area contributed by atoms with Gasteiger partial charge in [-0.3, -0.25) is 0 Å². The molecule has 0 saturated carbocycles. The molecule has 5 heteroatoms. The van der Waals surface area contributed by atoms with Gasteiger partial charge < -0.3 is 19.5 Å². The highest BCUT2D eigenvalue weighted by atomic mass is 79.9. The second-order valence-electron chi connectivity index (χ2n) is 5.23. The van der Waals surface area contributed by atoms with Crippen LogP contribution in [0.25, 0.3) is 0 Å². The Kier molecular flexibility index (Phi) is 6.97. The molecule has 1 N–H and O–H groups in total. The number of methoxy groups -OCH3 is 2. The van der Waals surface area contributed by atoms with Crippen LogP contribution < -0.4 is 14.8 Å². The van der Waals surface area contributed by atoms with Crippen molar-refractivity contribution in [1.82, 2.24) is 5.32 Å². The molecule has 1 aromatic carbocycles. The molecule has 0 saturated heterocycles. The molecule has 0 heterocycles. The summed E-state index contributed by atoms with van der Waals surface area (Å²) in [5.74, 6) is 1.52. The van der Waals surface area contributed by atoms with Gasteiger partial charge in [0.25, 0.3) is 0 Å². The van der Waals surface area contributed by atoms with Crippen molar-refractivity contribution >= 4 is 15.9 Å². The van der Waals surface area contributed by atoms with Crippen molar-refractivity contribution in [1.29, 1.82) is 0 Å². The maximum Gasteiger partial charge on any atom is 0.141 e. The van der Waals surface area contributed by atoms with Crippen molar-refractivity contribution in [3.05, 3.63) is 22.2 Å². The molecule has 1 aromatic rings. The van der Waals surface area contributed by atoms with Gasteiger partial charge in [-0.05, 0) is 55.4 Å². The zero-order valence-electron chi connectivity index (χ0n) is 13.7. The molecule has 0 aliphatic heterocycles. The van der Waals surface area contributed by atoms with Crippen LogP contribution in [-0.4, -0.2) is 33.0 Å². The van der Waals surface area contributed by atoms with Crippen molar-refractivity contribution in [2.75, 3.05) is 27.4 Å². The van der Waals surface area contributed by atoms with E-state index in [0.29, 0.717) is 6.61 Å². The average molecular weight is 360 g/mol. The average Bonchev–Trinajstić information content (AvgIpc) is 2.44. The molecule has 0 amide bonds. The third kappa shape index (κ3) is 4.11. The monoisotopic (exact) mass is 359 g/mol. The van der Waals surface area contributed by atoms with Crippen LogP contribution in [0.15, 0.2) is 16.6 Å². The summed E-state index contributed by atoms with van der Waals surface area (Å²) in [5.41, 5.74) is 0.692. The molecule has 1 rings (SSSR count). The number of hydrogen-bond donors (Lipinski definition) is 1. The Hall–Kier alpha value is -0.780. The Morgan fingerprint density at radius 1 is 1.19 bits per heavy atom. The zero-order valence-corrected chi connectivity index (χ0v) is 15.3. The van der Waals surface area contributed by atoms with Gasteiger partial charge in [0, 0.05) is 12.2 Å². The summed E-state index contributed by atoms with van der Waals surface area (Å²) in [6, 6.07) is 3.98. The Bertz CT molecular complexity index is 463. The first kappa shape index (κ1) is 18.3. The first-order valence-electron chi connectivity index (χ1n) is 7.20. The number of benzene rings is 1. The highest BCUT2D eigenvalue weighted by Gasteiger charge is 2.33. The molecule has 4 nitrogen and oxygen atoms in total. The fourth-order valence-corrected chi connectivity index (χ4v) is 3.22. The Morgan fingerprint density at radius 3 is 2.33 bits per heavy atom. The van der Waals surface area contributed by atoms with Gasteiger partial charge in [0.2, 0.25) is 0 Å². The van der Waals surface area contributed by atoms with Crippen molar-refractivity contribution in [3.63, 3.8) is 0 Å². The van der Waals surface area contributed by atoms with E-state index in [4.69, 9.17) is 14.2 Å². The van der Waals surface area contributed by atoms with Gasteiger partial charge in [-0.15, -0.1) is 0 Å². The largest absolute Gasteiger partial charge is 0.495 e. The molecule has 0 aliphatic rings. The summed E-state index contributed by atoms with van der Waals surface area (Å²) in [6.45, 7) is 9.76. The number of likely N-dealkylation sites (N-methyl/N-ethyl adjacent to an activating group) is 1. The Labute approximate surface area is 136 Å². The number of rotatable bonds is 8. The predicted molar refractivity (Wildman–Crippen MR) is 89.4 cm³/mol. The lowest BCUT2D eigenvalue weighted by atomic mass is 9.90. The van der Waals surface area contributed by atoms with Crippen molar-refractivity contribution in [2.24, 2.45) is 0 Å². The van der Waals surface area contributed by atoms with Gasteiger partial charge in [0.05, 0.1) is 25.9 Å². The SMILES string of the molecule is CCNC(c1ccc(OC)c(Br)c1OC)C(C)(C)OCC. The van der Waals surface area contributed by atoms with E-state index in [9.17, 15) is 0 Å². The third-order valence-corrected chi connectivity index (χ3v) is 4.20. The number of ether oxygens (including phenoxy) is 3. The first-order chi connectivity index (χ1) is 9.92. The van der Waals surface area contributed by atoms with E-state index in [1.54, 1.807) is 14.2 Å². The predicted octanol–water partition coefficient (Wildman–Crippen LogP) is 3.93. The van der Waals surface area contributed by atoms with Gasteiger partial charge in [0.15, 0.2) is 0 Å². The van der Waals surface area contributed by atoms with E-state index in [2.05, 4.69) is 42.0 Å². The smallest absolute Gasteiger partial charge is 0.141 e. The molecule has 0 fully saturated rings. The highest BCUT2D eigenvalue weighted by Crippen LogP contribution is 2.42. The van der Waals surface area contributed by atoms with Gasteiger partial charge in [0.1, 0.15) is 16.0 Å². The molecule has 0 spiro atoms. The lowest BCUT2D eigenvalue weighted by molar-refractivity contribution is -0.0393. The second-order valence-corrected chi connectivity index (χ2v) is 6.02. The Balaban J connectivity index is 3.34. The molecule has 0 aromatic heterocycles. The van der Waals surface area contributed by atoms with E-state index in [0.717, 1.165) is 28.1 Å². The van der Waals surface area contributed by atoms with Crippen LogP contribution in [0.4, 0.5) is 0 Å². The van der Waals surface area contributed by atoms with Crippen LogP contribution in [0.1, 0.15) is 39.3 Å². The summed E-state index contributed by atoms with van der Waals surface area (Å²) in [7, 11) is 3.31. The molecule has 0 radical (unpaired) electrons. The van der Waals surface area contributed by atoms with E-state index in [1.165, 1.54) is 0 Å². The fraction of sp³-hybridized carbons (Fsp3) is 0.625. The standard InChI is InChI=1S/C16H26BrNO3/c1-7-18-15(16(3,4)21-8-2)11-9-10-12(19-5)13(17)14(11)20-6/h9-10,15,18H,7-8H2,1-6H3. The minimum Gasteiger partial charge on any atom is -0.495 e. The number of hydrogen-bond acceptors (Lipinski definition) is 4. The van der Waals surface area contributed by atoms with Crippen LogP contribution in [0.5, 0.6) is 11.5 Å². The van der Waals surface area contributed by atoms with Gasteiger partial charge in [-0.1, -0.05) is 6.92 Å². The van der Waals surface area contributed by atoms with Crippen LogP contribution in [0, 0.1) is 0 Å². The lowest BCUT2D eigenvalue weighted by Gasteiger charge is -2.36. The first-order valence-corrected chi connectivity index (χ1v) is 7.99. The summed E-state index contributed by atoms with van der Waals surface area (Å²) in [6.07, 6.45) is 0. The highest BCUT2D eigenvalue weighted by molar-refractivity contribution is 9.10. The van der Waals surface area contributed by atoms with Crippen LogP contribution in [0.2, 0.25) is 0 Å². The summed E-state index contributed by atoms with van der Waals surface area (Å²) < 4.78 is 17.7. The van der Waals surface area contributed by atoms with E-state index >= 15 is 0 Å². The van der Waals surface area contributed by atoms with Crippen LogP contribution >= 0.6 is 15.9 Å². The van der Waals surface area contributed by atoms with Crippen LogP contribution in [0.3, 0.4) is 0 Å². The minimum absolute atomic E-state index is 0.0135. The molecule has 120 valence electrons. The fourth-order valence-electron chi connectivity index (χ4n) is 2.54. The zero-order chi connectivity index (χ0) is 16.0. The minimum atomic E-state index is -0.355. The molecular formula is C16H26BrNO3. The van der Waals surface area contributed by atoms with Gasteiger partial charge in [-0.2, -0.15) is 0 Å². The van der Waals surface area contributed by atoms with Crippen molar-refractivity contribution in [3.8, 4) is 11.5 Å². The third-order valence-electron chi connectivity index (χ3n) is 3.45. The number of nitrogens with one attached hydrogen (secondary N) is 1. The quantitative estimate of drug-likeness (QED) is 0.763. The van der Waals surface area contributed by atoms with E-state index in [1.807, 2.05) is 19.1 Å². The number of halogens is 1. The van der Waals surface area contributed by atoms with Gasteiger partial charge in [-0.25, -0.2) is 0 Å². The van der Waals surface area contributed by atoms with Crippen molar-refractivity contribution in [2.45, 2.75) is 39.3 Å². The maximum atomic E-state index is 5.93. The topological polar surface area (TPSA) is 39.7 Å². The van der Waals surface area contributed by atoms with Crippen LogP contribution in [-0.2, 0) is 4.74 Å². The molecular weight excluding hydrogens is 334 g/mol. The maximum absolute atomic E-state index is 5.93. The molecule has 21 heavy (non-hydrogen) atoms. The van der Waals surface area contributed by atoms with E-state index < -0.39 is 0 Å². The Morgan fingerprint density at radius 2 is 1.86 bits per heavy atom. The lowest BCUT2D eigenvalue weighted by Crippen LogP contribution is -2.41. The van der Waals surface area contributed by atoms with Gasteiger partial charge >= 0.3 is 0 Å². The summed E-state index contributed by atoms with van der Waals surface area (Å²) in [4.78, 5) is 0. The summed E-state index contributed by atoms with van der Waals surface area (Å²) >= 11 is 3.56. The van der Waals surface area contributed by atoms with Crippen molar-refractivity contribution < 1.29 is 14.2 Å². The molecule has 0 bridgehead atoms. The molecule has 1 atom stereocenters. The molecule has 0 aliphatic carbocycles. The summed E-state index contributed by atoms with van der Waals surface area (Å²) in [5, 5.41) is 3.50. The molecule has 1 unspecified atom stereocenters. The normalized spacial score (nSPS) is 13.1. The second kappa shape index (κ2) is 8.01. The van der Waals surface area contributed by atoms with E-state index in [-0.39, 0.29) is 11.6 Å².